The second kappa shape index (κ2) is 5.49. The molecule has 0 spiro atoms. The number of carbonyl (C=O) groups excluding carboxylic acids is 2. The molecule has 4 atom stereocenters. The molecule has 0 amide bonds. The number of fused-ring (bicyclic) bond motifs is 2. The number of ether oxygens (including phenoxy) is 3. The molecule has 5 nitrogen and oxygen atoms in total. The Hall–Kier alpha value is -2.14. The van der Waals surface area contributed by atoms with Gasteiger partial charge in [-0.2, -0.15) is 0 Å². The first-order valence-corrected chi connectivity index (χ1v) is 7.87. The van der Waals surface area contributed by atoms with Gasteiger partial charge in [0, 0.05) is 25.0 Å². The molecule has 3 aliphatic rings. The molecule has 23 heavy (non-hydrogen) atoms. The molecule has 120 valence electrons. The summed E-state index contributed by atoms with van der Waals surface area (Å²) < 4.78 is 17.0. The number of rotatable bonds is 2. The lowest BCUT2D eigenvalue weighted by molar-refractivity contribution is -0.148. The van der Waals surface area contributed by atoms with Crippen LogP contribution in [-0.2, 0) is 23.8 Å². The number of benzene rings is 1. The van der Waals surface area contributed by atoms with Crippen molar-refractivity contribution in [3.63, 3.8) is 0 Å². The molecule has 0 saturated carbocycles. The van der Waals surface area contributed by atoms with Gasteiger partial charge in [0.2, 0.25) is 0 Å². The van der Waals surface area contributed by atoms with Crippen LogP contribution in [0.1, 0.15) is 30.9 Å². The van der Waals surface area contributed by atoms with Gasteiger partial charge in [-0.1, -0.05) is 30.3 Å². The van der Waals surface area contributed by atoms with Crippen LogP contribution < -0.4 is 0 Å². The number of Topliss-reactive ketones (excluding diaryl/α,β-unsaturated/α-hetero) is 1. The summed E-state index contributed by atoms with van der Waals surface area (Å²) in [7, 11) is 1.60. The van der Waals surface area contributed by atoms with Crippen LogP contribution in [-0.4, -0.2) is 31.1 Å². The quantitative estimate of drug-likeness (QED) is 0.784. The average Bonchev–Trinajstić information content (AvgIpc) is 2.95. The number of ketones is 1. The van der Waals surface area contributed by atoms with Crippen LogP contribution in [0.5, 0.6) is 0 Å². The van der Waals surface area contributed by atoms with Crippen molar-refractivity contribution in [1.29, 1.82) is 0 Å². The number of esters is 1. The molecule has 0 unspecified atom stereocenters. The Balaban J connectivity index is 1.69. The molecular formula is C18H18O5. The lowest BCUT2D eigenvalue weighted by Gasteiger charge is -2.38. The Morgan fingerprint density at radius 2 is 1.83 bits per heavy atom. The molecule has 1 saturated heterocycles. The van der Waals surface area contributed by atoms with E-state index in [4.69, 9.17) is 14.2 Å². The van der Waals surface area contributed by atoms with Gasteiger partial charge in [-0.25, -0.2) is 0 Å². The molecule has 1 aromatic carbocycles. The third kappa shape index (κ3) is 2.36. The largest absolute Gasteiger partial charge is 0.489 e. The van der Waals surface area contributed by atoms with Gasteiger partial charge in [0.1, 0.15) is 24.1 Å². The second-order valence-electron chi connectivity index (χ2n) is 6.22. The zero-order chi connectivity index (χ0) is 16.0. The Kier molecular flexibility index (Phi) is 3.45. The topological polar surface area (TPSA) is 61.8 Å². The molecule has 0 aromatic heterocycles. The fourth-order valence-corrected chi connectivity index (χ4v) is 3.83. The molecular weight excluding hydrogens is 296 g/mol. The fourth-order valence-electron chi connectivity index (χ4n) is 3.83. The minimum absolute atomic E-state index is 0.0583. The predicted molar refractivity (Wildman–Crippen MR) is 80.3 cm³/mol. The standard InChI is InChI=1S/C18H18O5/c1-21-15-9-14-17(11-7-16(20)23-18(11)15)12(19)8-13(22-14)10-5-3-2-4-6-10/h2-6,11,13,15,18H,7-9H2,1H3/t11-,13-,15-,18-/m0/s1. The van der Waals surface area contributed by atoms with Crippen molar-refractivity contribution >= 4 is 11.8 Å². The van der Waals surface area contributed by atoms with E-state index < -0.39 is 0 Å². The summed E-state index contributed by atoms with van der Waals surface area (Å²) in [5.74, 6) is 0.221. The van der Waals surface area contributed by atoms with Crippen LogP contribution in [0.2, 0.25) is 0 Å². The second-order valence-corrected chi connectivity index (χ2v) is 6.22. The van der Waals surface area contributed by atoms with Crippen molar-refractivity contribution in [3.05, 3.63) is 47.2 Å². The van der Waals surface area contributed by atoms with Crippen LogP contribution in [0.4, 0.5) is 0 Å². The summed E-state index contributed by atoms with van der Waals surface area (Å²) in [6.07, 6.45) is 0.107. The van der Waals surface area contributed by atoms with Gasteiger partial charge in [0.15, 0.2) is 5.78 Å². The highest BCUT2D eigenvalue weighted by Gasteiger charge is 2.51. The Morgan fingerprint density at radius 1 is 1.04 bits per heavy atom. The minimum Gasteiger partial charge on any atom is -0.489 e. The van der Waals surface area contributed by atoms with Gasteiger partial charge in [-0.15, -0.1) is 0 Å². The maximum atomic E-state index is 12.7. The molecule has 2 aliphatic heterocycles. The van der Waals surface area contributed by atoms with Crippen LogP contribution in [0.15, 0.2) is 41.7 Å². The lowest BCUT2D eigenvalue weighted by Crippen LogP contribution is -2.42. The number of carbonyl (C=O) groups is 2. The molecule has 0 N–H and O–H groups in total. The van der Waals surface area contributed by atoms with Gasteiger partial charge in [0.25, 0.3) is 0 Å². The molecule has 0 bridgehead atoms. The first-order valence-electron chi connectivity index (χ1n) is 7.87. The fraction of sp³-hybridized carbons (Fsp3) is 0.444. The first-order chi connectivity index (χ1) is 11.2. The summed E-state index contributed by atoms with van der Waals surface area (Å²) in [6.45, 7) is 0. The summed E-state index contributed by atoms with van der Waals surface area (Å²) in [6, 6.07) is 9.74. The third-order valence-corrected chi connectivity index (χ3v) is 4.90. The van der Waals surface area contributed by atoms with Gasteiger partial charge < -0.3 is 14.2 Å². The van der Waals surface area contributed by atoms with Crippen LogP contribution in [0, 0.1) is 5.92 Å². The van der Waals surface area contributed by atoms with Crippen molar-refractivity contribution in [2.45, 2.75) is 37.6 Å². The van der Waals surface area contributed by atoms with Crippen molar-refractivity contribution in [2.75, 3.05) is 7.11 Å². The lowest BCUT2D eigenvalue weighted by atomic mass is 9.77. The summed E-state index contributed by atoms with van der Waals surface area (Å²) >= 11 is 0. The SMILES string of the molecule is CO[C@H]1CC2=C(C(=O)C[C@@H](c3ccccc3)O2)[C@@H]2CC(=O)O[C@H]12. The Bertz CT molecular complexity index is 678. The van der Waals surface area contributed by atoms with E-state index in [2.05, 4.69) is 0 Å². The van der Waals surface area contributed by atoms with E-state index in [1.165, 1.54) is 0 Å². The monoisotopic (exact) mass is 314 g/mol. The Morgan fingerprint density at radius 3 is 2.57 bits per heavy atom. The van der Waals surface area contributed by atoms with Gasteiger partial charge >= 0.3 is 5.97 Å². The van der Waals surface area contributed by atoms with E-state index in [9.17, 15) is 9.59 Å². The Labute approximate surface area is 134 Å². The molecule has 1 aromatic rings. The molecule has 1 aliphatic carbocycles. The van der Waals surface area contributed by atoms with Gasteiger partial charge in [-0.05, 0) is 5.56 Å². The summed E-state index contributed by atoms with van der Waals surface area (Å²) in [5.41, 5.74) is 1.63. The van der Waals surface area contributed by atoms with Crippen molar-refractivity contribution in [2.24, 2.45) is 5.92 Å². The smallest absolute Gasteiger partial charge is 0.306 e. The minimum atomic E-state index is -0.368. The maximum absolute atomic E-state index is 12.7. The van der Waals surface area contributed by atoms with Crippen LogP contribution in [0.3, 0.4) is 0 Å². The summed E-state index contributed by atoms with van der Waals surface area (Å²) in [4.78, 5) is 24.4. The normalized spacial score (nSPS) is 32.9. The van der Waals surface area contributed by atoms with E-state index in [1.807, 2.05) is 30.3 Å². The highest BCUT2D eigenvalue weighted by atomic mass is 16.6. The molecule has 2 heterocycles. The summed E-state index contributed by atoms with van der Waals surface area (Å²) in [5, 5.41) is 0. The zero-order valence-corrected chi connectivity index (χ0v) is 12.9. The third-order valence-electron chi connectivity index (χ3n) is 4.90. The molecule has 0 radical (unpaired) electrons. The highest BCUT2D eigenvalue weighted by molar-refractivity contribution is 5.98. The molecule has 4 rings (SSSR count). The number of hydrogen-bond donors (Lipinski definition) is 0. The number of hydrogen-bond acceptors (Lipinski definition) is 5. The van der Waals surface area contributed by atoms with E-state index in [0.717, 1.165) is 5.56 Å². The number of methoxy groups -OCH3 is 1. The van der Waals surface area contributed by atoms with E-state index in [-0.39, 0.29) is 42.4 Å². The van der Waals surface area contributed by atoms with E-state index in [0.29, 0.717) is 24.2 Å². The van der Waals surface area contributed by atoms with Gasteiger partial charge in [0.05, 0.1) is 12.8 Å². The first kappa shape index (κ1) is 14.5. The average molecular weight is 314 g/mol. The highest BCUT2D eigenvalue weighted by Crippen LogP contribution is 2.46. The van der Waals surface area contributed by atoms with Crippen LogP contribution in [0.25, 0.3) is 0 Å². The molecule has 5 heteroatoms. The maximum Gasteiger partial charge on any atom is 0.306 e. The predicted octanol–water partition coefficient (Wildman–Crippen LogP) is 2.32. The van der Waals surface area contributed by atoms with E-state index >= 15 is 0 Å². The molecule has 1 fully saturated rings. The van der Waals surface area contributed by atoms with Crippen molar-refractivity contribution < 1.29 is 23.8 Å². The van der Waals surface area contributed by atoms with E-state index in [1.54, 1.807) is 7.11 Å². The van der Waals surface area contributed by atoms with Gasteiger partial charge in [-0.3, -0.25) is 9.59 Å². The van der Waals surface area contributed by atoms with Crippen molar-refractivity contribution in [3.8, 4) is 0 Å². The van der Waals surface area contributed by atoms with Crippen LogP contribution >= 0.6 is 0 Å². The zero-order valence-electron chi connectivity index (χ0n) is 12.9. The van der Waals surface area contributed by atoms with Crippen molar-refractivity contribution in [1.82, 2.24) is 0 Å².